The van der Waals surface area contributed by atoms with E-state index < -0.39 is 11.9 Å². The zero-order chi connectivity index (χ0) is 30.4. The van der Waals surface area contributed by atoms with Crippen molar-refractivity contribution in [2.24, 2.45) is 0 Å². The number of ether oxygens (including phenoxy) is 2. The summed E-state index contributed by atoms with van der Waals surface area (Å²) in [6.07, 6.45) is 2.42. The molecule has 4 heterocycles. The van der Waals surface area contributed by atoms with E-state index in [4.69, 9.17) is 9.47 Å². The summed E-state index contributed by atoms with van der Waals surface area (Å²) in [5, 5.41) is 5.36. The topological polar surface area (TPSA) is 117 Å². The Balaban J connectivity index is 0.996. The lowest BCUT2D eigenvalue weighted by Crippen LogP contribution is -2.52. The van der Waals surface area contributed by atoms with Gasteiger partial charge in [-0.05, 0) is 80.4 Å². The molecule has 0 saturated carbocycles. The van der Waals surface area contributed by atoms with Crippen LogP contribution >= 0.6 is 0 Å². The summed E-state index contributed by atoms with van der Waals surface area (Å²) in [4.78, 5) is 54.1. The first-order chi connectivity index (χ1) is 21.3. The normalized spacial score (nSPS) is 20.6. The van der Waals surface area contributed by atoms with Crippen LogP contribution in [-0.2, 0) is 28.1 Å². The van der Waals surface area contributed by atoms with Gasteiger partial charge in [-0.2, -0.15) is 0 Å². The Labute approximate surface area is 255 Å². The number of hydrogen-bond donors (Lipinski definition) is 2. The van der Waals surface area contributed by atoms with Gasteiger partial charge in [0.1, 0.15) is 17.5 Å². The third-order valence-electron chi connectivity index (χ3n) is 9.49. The highest BCUT2D eigenvalue weighted by molar-refractivity contribution is 6.06. The van der Waals surface area contributed by atoms with Gasteiger partial charge in [0.25, 0.3) is 11.8 Å². The Morgan fingerprint density at radius 2 is 1.86 bits per heavy atom. The number of imide groups is 1. The molecule has 0 aliphatic carbocycles. The number of fused-ring (bicyclic) bond motifs is 4. The number of nitrogens with one attached hydrogen (secondary N) is 2. The van der Waals surface area contributed by atoms with E-state index in [1.165, 1.54) is 0 Å². The number of nitrogens with zero attached hydrogens (tertiary/aromatic N) is 2. The highest BCUT2D eigenvalue weighted by Crippen LogP contribution is 2.49. The van der Waals surface area contributed by atoms with Crippen molar-refractivity contribution in [1.82, 2.24) is 15.1 Å². The molecular weight excluding hydrogens is 560 g/mol. The van der Waals surface area contributed by atoms with Gasteiger partial charge < -0.3 is 19.7 Å². The van der Waals surface area contributed by atoms with Crippen molar-refractivity contribution in [1.29, 1.82) is 0 Å². The largest absolute Gasteiger partial charge is 0.497 e. The van der Waals surface area contributed by atoms with Crippen molar-refractivity contribution in [3.63, 3.8) is 0 Å². The standard InChI is InChI=1S/C34H34N4O6/c1-43-24-7-5-22(6-8-24)31(40)35-23-4-2-3-21(17-23)18-37-15-13-34(14-16-37)20-44-30-26-19-38(28-11-12-29(39)36-32(28)41)33(42)25(26)9-10-27(30)34/h2-10,17,28H,11-16,18-20H2,1H3,(H,35,40)(H,36,39,41). The number of rotatable bonds is 6. The first-order valence-electron chi connectivity index (χ1n) is 15.0. The second kappa shape index (κ2) is 11.1. The molecule has 3 aromatic rings. The summed E-state index contributed by atoms with van der Waals surface area (Å²) in [5.74, 6) is 0.442. The molecule has 2 fully saturated rings. The van der Waals surface area contributed by atoms with Crippen LogP contribution in [0.2, 0.25) is 0 Å². The van der Waals surface area contributed by atoms with Crippen molar-refractivity contribution >= 4 is 29.3 Å². The third kappa shape index (κ3) is 4.98. The molecule has 3 aromatic carbocycles. The molecule has 0 bridgehead atoms. The molecule has 1 unspecified atom stereocenters. The van der Waals surface area contributed by atoms with Crippen LogP contribution in [0.4, 0.5) is 5.69 Å². The summed E-state index contributed by atoms with van der Waals surface area (Å²) in [5.41, 5.74) is 4.92. The van der Waals surface area contributed by atoms with Crippen molar-refractivity contribution in [3.05, 3.63) is 88.5 Å². The summed E-state index contributed by atoms with van der Waals surface area (Å²) in [6, 6.07) is 18.3. The van der Waals surface area contributed by atoms with Crippen LogP contribution in [0.3, 0.4) is 0 Å². The maximum absolute atomic E-state index is 13.3. The molecule has 4 aliphatic heterocycles. The van der Waals surface area contributed by atoms with Crippen LogP contribution < -0.4 is 20.1 Å². The summed E-state index contributed by atoms with van der Waals surface area (Å²) >= 11 is 0. The molecule has 1 spiro atoms. The maximum atomic E-state index is 13.3. The number of piperidine rings is 2. The summed E-state index contributed by atoms with van der Waals surface area (Å²) in [6.45, 7) is 3.45. The lowest BCUT2D eigenvalue weighted by Gasteiger charge is -2.38. The molecule has 0 radical (unpaired) electrons. The highest BCUT2D eigenvalue weighted by Gasteiger charge is 2.47. The lowest BCUT2D eigenvalue weighted by atomic mass is 9.74. The van der Waals surface area contributed by atoms with Gasteiger partial charge in [-0.1, -0.05) is 18.2 Å². The van der Waals surface area contributed by atoms with Crippen LogP contribution in [0.1, 0.15) is 63.1 Å². The number of benzene rings is 3. The van der Waals surface area contributed by atoms with Crippen molar-refractivity contribution in [2.75, 3.05) is 32.1 Å². The molecule has 10 heteroatoms. The fraction of sp³-hybridized carbons (Fsp3) is 0.353. The zero-order valence-electron chi connectivity index (χ0n) is 24.6. The maximum Gasteiger partial charge on any atom is 0.255 e. The molecule has 2 N–H and O–H groups in total. The number of amides is 4. The van der Waals surface area contributed by atoms with Gasteiger partial charge in [-0.3, -0.25) is 29.4 Å². The second-order valence-corrected chi connectivity index (χ2v) is 12.1. The van der Waals surface area contributed by atoms with E-state index in [1.54, 1.807) is 36.3 Å². The third-order valence-corrected chi connectivity index (χ3v) is 9.49. The highest BCUT2D eigenvalue weighted by atomic mass is 16.5. The number of likely N-dealkylation sites (tertiary alicyclic amines) is 1. The Bertz CT molecular complexity index is 1660. The molecule has 4 amide bonds. The van der Waals surface area contributed by atoms with Crippen LogP contribution in [-0.4, -0.2) is 66.3 Å². The van der Waals surface area contributed by atoms with Crippen LogP contribution in [0.5, 0.6) is 11.5 Å². The Hall–Kier alpha value is -4.70. The number of methoxy groups -OCH3 is 1. The van der Waals surface area contributed by atoms with Crippen molar-refractivity contribution in [2.45, 2.75) is 50.2 Å². The molecule has 44 heavy (non-hydrogen) atoms. The summed E-state index contributed by atoms with van der Waals surface area (Å²) in [7, 11) is 1.60. The average Bonchev–Trinajstić information content (AvgIpc) is 3.56. The monoisotopic (exact) mass is 594 g/mol. The van der Waals surface area contributed by atoms with E-state index in [0.717, 1.165) is 60.6 Å². The molecule has 4 aliphatic rings. The Kier molecular flexibility index (Phi) is 7.08. The van der Waals surface area contributed by atoms with Gasteiger partial charge in [0.15, 0.2) is 0 Å². The van der Waals surface area contributed by atoms with Gasteiger partial charge >= 0.3 is 0 Å². The predicted octanol–water partition coefficient (Wildman–Crippen LogP) is 3.63. The van der Waals surface area contributed by atoms with E-state index in [-0.39, 0.29) is 29.6 Å². The fourth-order valence-corrected chi connectivity index (χ4v) is 6.99. The zero-order valence-corrected chi connectivity index (χ0v) is 24.6. The van der Waals surface area contributed by atoms with Crippen LogP contribution in [0.15, 0.2) is 60.7 Å². The molecular formula is C34H34N4O6. The van der Waals surface area contributed by atoms with Crippen molar-refractivity contribution in [3.8, 4) is 11.5 Å². The number of hydrogen-bond acceptors (Lipinski definition) is 7. The quantitative estimate of drug-likeness (QED) is 0.419. The molecule has 7 rings (SSSR count). The van der Waals surface area contributed by atoms with Crippen LogP contribution in [0.25, 0.3) is 0 Å². The molecule has 2 saturated heterocycles. The smallest absolute Gasteiger partial charge is 0.255 e. The lowest BCUT2D eigenvalue weighted by molar-refractivity contribution is -0.136. The first kappa shape index (κ1) is 28.1. The number of carbonyl (C=O) groups excluding carboxylic acids is 4. The molecule has 226 valence electrons. The number of carbonyl (C=O) groups is 4. The Morgan fingerprint density at radius 3 is 2.61 bits per heavy atom. The number of anilines is 1. The Morgan fingerprint density at radius 1 is 1.07 bits per heavy atom. The van der Waals surface area contributed by atoms with Gasteiger partial charge in [0.05, 0.1) is 20.3 Å². The second-order valence-electron chi connectivity index (χ2n) is 12.1. The van der Waals surface area contributed by atoms with E-state index in [1.807, 2.05) is 30.3 Å². The molecule has 1 atom stereocenters. The molecule has 10 nitrogen and oxygen atoms in total. The van der Waals surface area contributed by atoms with Gasteiger partial charge in [-0.25, -0.2) is 0 Å². The SMILES string of the molecule is COc1ccc(C(=O)Nc2cccc(CN3CCC4(CC3)COc3c4ccc4c3CN(C3CCC(=O)NC3=O)C4=O)c2)cc1. The van der Waals surface area contributed by atoms with E-state index in [9.17, 15) is 19.2 Å². The van der Waals surface area contributed by atoms with Crippen molar-refractivity contribution < 1.29 is 28.7 Å². The molecule has 0 aromatic heterocycles. The minimum absolute atomic E-state index is 0.111. The first-order valence-corrected chi connectivity index (χ1v) is 15.0. The average molecular weight is 595 g/mol. The van der Waals surface area contributed by atoms with Gasteiger partial charge in [0, 0.05) is 46.3 Å². The summed E-state index contributed by atoms with van der Waals surface area (Å²) < 4.78 is 11.5. The van der Waals surface area contributed by atoms with Crippen LogP contribution in [0, 0.1) is 0 Å². The predicted molar refractivity (Wildman–Crippen MR) is 162 cm³/mol. The van der Waals surface area contributed by atoms with E-state index in [2.05, 4.69) is 21.6 Å². The van der Waals surface area contributed by atoms with Gasteiger partial charge in [-0.15, -0.1) is 0 Å². The van der Waals surface area contributed by atoms with Gasteiger partial charge in [0.2, 0.25) is 11.8 Å². The van der Waals surface area contributed by atoms with E-state index >= 15 is 0 Å². The minimum Gasteiger partial charge on any atom is -0.497 e. The minimum atomic E-state index is -0.642. The fourth-order valence-electron chi connectivity index (χ4n) is 6.99. The van der Waals surface area contributed by atoms with E-state index in [0.29, 0.717) is 36.4 Å².